The number of unbranched alkanes of at least 4 members (excludes halogenated alkanes) is 1. The monoisotopic (exact) mass is 348 g/mol. The van der Waals surface area contributed by atoms with Gasteiger partial charge in [0.05, 0.1) is 5.52 Å². The normalized spacial score (nSPS) is 16.8. The van der Waals surface area contributed by atoms with E-state index in [0.717, 1.165) is 36.0 Å². The Kier molecular flexibility index (Phi) is 5.47. The highest BCUT2D eigenvalue weighted by Gasteiger charge is 2.21. The number of hydrogen-bond acceptors (Lipinski definition) is 2. The number of carboxylic acid groups (broad SMARTS) is 1. The Bertz CT molecular complexity index is 717. The lowest BCUT2D eigenvalue weighted by Gasteiger charge is -2.32. The first-order valence-electron chi connectivity index (χ1n) is 8.83. The zero-order valence-electron chi connectivity index (χ0n) is 14.2. The first-order valence-corrected chi connectivity index (χ1v) is 9.21. The molecule has 0 spiro atoms. The molecular formula is C19H25ClN2O2. The van der Waals surface area contributed by atoms with Gasteiger partial charge >= 0.3 is 6.09 Å². The van der Waals surface area contributed by atoms with Gasteiger partial charge in [-0.05, 0) is 75.0 Å². The molecule has 0 bridgehead atoms. The fraction of sp³-hybridized carbons (Fsp3) is 0.526. The van der Waals surface area contributed by atoms with Crippen LogP contribution in [0, 0.1) is 5.92 Å². The highest BCUT2D eigenvalue weighted by atomic mass is 35.5. The van der Waals surface area contributed by atoms with Crippen molar-refractivity contribution in [2.75, 3.05) is 19.6 Å². The second kappa shape index (κ2) is 7.58. The summed E-state index contributed by atoms with van der Waals surface area (Å²) < 4.78 is 1.32. The molecule has 2 heterocycles. The average molecular weight is 349 g/mol. The minimum absolute atomic E-state index is 0.599. The van der Waals surface area contributed by atoms with Gasteiger partial charge in [0.2, 0.25) is 0 Å². The fourth-order valence-electron chi connectivity index (χ4n) is 3.75. The molecule has 3 rings (SSSR count). The van der Waals surface area contributed by atoms with Crippen LogP contribution in [0.5, 0.6) is 0 Å². The van der Waals surface area contributed by atoms with E-state index < -0.39 is 6.09 Å². The van der Waals surface area contributed by atoms with Crippen LogP contribution in [-0.2, 0) is 6.42 Å². The van der Waals surface area contributed by atoms with E-state index in [1.165, 1.54) is 36.8 Å². The van der Waals surface area contributed by atoms with Crippen LogP contribution in [0.4, 0.5) is 4.79 Å². The van der Waals surface area contributed by atoms with Crippen LogP contribution in [-0.4, -0.2) is 40.3 Å². The highest BCUT2D eigenvalue weighted by molar-refractivity contribution is 6.31. The molecule has 4 nitrogen and oxygen atoms in total. The molecule has 24 heavy (non-hydrogen) atoms. The molecule has 0 amide bonds. The lowest BCUT2D eigenvalue weighted by Crippen LogP contribution is -2.35. The third-order valence-electron chi connectivity index (χ3n) is 5.08. The standard InChI is InChI=1S/C19H25ClN2O2/c1-2-3-7-21-8-4-14(5-9-21)11-16-13-17(20)12-15-6-10-22(18(15)16)19(23)24/h6,10,12-14H,2-5,7-9,11H2,1H3,(H,23,24). The molecule has 2 aromatic rings. The van der Waals surface area contributed by atoms with Crippen LogP contribution < -0.4 is 0 Å². The van der Waals surface area contributed by atoms with Crippen LogP contribution in [0.15, 0.2) is 24.4 Å². The van der Waals surface area contributed by atoms with Crippen molar-refractivity contribution >= 4 is 28.6 Å². The zero-order chi connectivity index (χ0) is 17.1. The van der Waals surface area contributed by atoms with Crippen molar-refractivity contribution in [3.63, 3.8) is 0 Å². The lowest BCUT2D eigenvalue weighted by atomic mass is 9.89. The van der Waals surface area contributed by atoms with E-state index >= 15 is 0 Å². The van der Waals surface area contributed by atoms with Crippen molar-refractivity contribution in [1.82, 2.24) is 9.47 Å². The Morgan fingerprint density at radius 3 is 2.75 bits per heavy atom. The maximum Gasteiger partial charge on any atom is 0.416 e. The third kappa shape index (κ3) is 3.76. The molecule has 0 saturated carbocycles. The van der Waals surface area contributed by atoms with Gasteiger partial charge < -0.3 is 10.0 Å². The van der Waals surface area contributed by atoms with E-state index in [-0.39, 0.29) is 0 Å². The fourth-order valence-corrected chi connectivity index (χ4v) is 4.00. The first kappa shape index (κ1) is 17.3. The van der Waals surface area contributed by atoms with Gasteiger partial charge in [-0.25, -0.2) is 4.79 Å². The van der Waals surface area contributed by atoms with Crippen molar-refractivity contribution < 1.29 is 9.90 Å². The summed E-state index contributed by atoms with van der Waals surface area (Å²) in [5.41, 5.74) is 1.84. The van der Waals surface area contributed by atoms with Gasteiger partial charge in [0.25, 0.3) is 0 Å². The predicted octanol–water partition coefficient (Wildman–Crippen LogP) is 4.88. The maximum atomic E-state index is 11.5. The smallest absolute Gasteiger partial charge is 0.416 e. The molecule has 1 N–H and O–H groups in total. The van der Waals surface area contributed by atoms with Gasteiger partial charge in [0.15, 0.2) is 0 Å². The summed E-state index contributed by atoms with van der Waals surface area (Å²) in [6, 6.07) is 5.60. The number of benzene rings is 1. The SMILES string of the molecule is CCCCN1CCC(Cc2cc(Cl)cc3ccn(C(=O)O)c23)CC1. The summed E-state index contributed by atoms with van der Waals surface area (Å²) in [6.45, 7) is 5.73. The van der Waals surface area contributed by atoms with E-state index in [1.807, 2.05) is 18.2 Å². The number of fused-ring (bicyclic) bond motifs is 1. The average Bonchev–Trinajstić information content (AvgIpc) is 2.98. The van der Waals surface area contributed by atoms with Crippen molar-refractivity contribution in [1.29, 1.82) is 0 Å². The van der Waals surface area contributed by atoms with Gasteiger partial charge in [-0.15, -0.1) is 0 Å². The number of aromatic nitrogens is 1. The Labute approximate surface area is 148 Å². The van der Waals surface area contributed by atoms with Gasteiger partial charge in [-0.3, -0.25) is 4.57 Å². The van der Waals surface area contributed by atoms with Gasteiger partial charge in [0, 0.05) is 16.6 Å². The molecule has 1 aromatic carbocycles. The number of nitrogens with zero attached hydrogens (tertiary/aromatic N) is 2. The van der Waals surface area contributed by atoms with E-state index in [2.05, 4.69) is 11.8 Å². The van der Waals surface area contributed by atoms with E-state index in [9.17, 15) is 9.90 Å². The van der Waals surface area contributed by atoms with E-state index in [4.69, 9.17) is 11.6 Å². The molecule has 1 aliphatic rings. The van der Waals surface area contributed by atoms with Crippen LogP contribution in [0.2, 0.25) is 5.02 Å². The molecule has 5 heteroatoms. The summed E-state index contributed by atoms with van der Waals surface area (Å²) in [5, 5.41) is 11.0. The minimum atomic E-state index is -0.942. The molecule has 130 valence electrons. The zero-order valence-corrected chi connectivity index (χ0v) is 14.9. The summed E-state index contributed by atoms with van der Waals surface area (Å²) in [7, 11) is 0. The molecule has 1 saturated heterocycles. The summed E-state index contributed by atoms with van der Waals surface area (Å²) in [6.07, 6.45) is 6.42. The number of piperidine rings is 1. The topological polar surface area (TPSA) is 45.5 Å². The molecule has 0 unspecified atom stereocenters. The van der Waals surface area contributed by atoms with Gasteiger partial charge in [-0.2, -0.15) is 0 Å². The highest BCUT2D eigenvalue weighted by Crippen LogP contribution is 2.30. The molecule has 0 radical (unpaired) electrons. The minimum Gasteiger partial charge on any atom is -0.464 e. The molecule has 1 aromatic heterocycles. The second-order valence-corrected chi connectivity index (χ2v) is 7.25. The van der Waals surface area contributed by atoms with Crippen LogP contribution in [0.25, 0.3) is 10.9 Å². The summed E-state index contributed by atoms with van der Waals surface area (Å²) >= 11 is 6.25. The van der Waals surface area contributed by atoms with Gasteiger partial charge in [0.1, 0.15) is 0 Å². The quantitative estimate of drug-likeness (QED) is 0.837. The van der Waals surface area contributed by atoms with Crippen molar-refractivity contribution in [3.8, 4) is 0 Å². The third-order valence-corrected chi connectivity index (χ3v) is 5.30. The maximum absolute atomic E-state index is 11.5. The predicted molar refractivity (Wildman–Crippen MR) is 98.1 cm³/mol. The lowest BCUT2D eigenvalue weighted by molar-refractivity contribution is 0.182. The molecule has 0 atom stereocenters. The number of rotatable bonds is 5. The molecule has 1 aliphatic heterocycles. The summed E-state index contributed by atoms with van der Waals surface area (Å²) in [5.74, 6) is 0.599. The van der Waals surface area contributed by atoms with Crippen LogP contribution >= 0.6 is 11.6 Å². The van der Waals surface area contributed by atoms with Gasteiger partial charge in [-0.1, -0.05) is 24.9 Å². The number of hydrogen-bond donors (Lipinski definition) is 1. The van der Waals surface area contributed by atoms with Crippen LogP contribution in [0.1, 0.15) is 38.2 Å². The Hall–Kier alpha value is -1.52. The molecule has 1 fully saturated rings. The Morgan fingerprint density at radius 1 is 1.33 bits per heavy atom. The molecular weight excluding hydrogens is 324 g/mol. The van der Waals surface area contributed by atoms with Crippen LogP contribution in [0.3, 0.4) is 0 Å². The summed E-state index contributed by atoms with van der Waals surface area (Å²) in [4.78, 5) is 14.0. The number of likely N-dealkylation sites (tertiary alicyclic amines) is 1. The van der Waals surface area contributed by atoms with E-state index in [1.54, 1.807) is 6.20 Å². The number of carbonyl (C=O) groups is 1. The van der Waals surface area contributed by atoms with Crippen molar-refractivity contribution in [2.24, 2.45) is 5.92 Å². The largest absolute Gasteiger partial charge is 0.464 e. The molecule has 0 aliphatic carbocycles. The second-order valence-electron chi connectivity index (χ2n) is 6.81. The van der Waals surface area contributed by atoms with Crippen molar-refractivity contribution in [2.45, 2.75) is 39.0 Å². The Balaban J connectivity index is 1.76. The Morgan fingerprint density at radius 2 is 2.08 bits per heavy atom. The number of halogens is 1. The van der Waals surface area contributed by atoms with Crippen molar-refractivity contribution in [3.05, 3.63) is 35.0 Å². The first-order chi connectivity index (χ1) is 11.6. The van der Waals surface area contributed by atoms with E-state index in [0.29, 0.717) is 10.9 Å².